The first-order valence-electron chi connectivity index (χ1n) is 6.04. The highest BCUT2D eigenvalue weighted by Crippen LogP contribution is 2.25. The molecule has 3 nitrogen and oxygen atoms in total. The Morgan fingerprint density at radius 1 is 1.32 bits per heavy atom. The number of rotatable bonds is 6. The van der Waals surface area contributed by atoms with E-state index >= 15 is 0 Å². The van der Waals surface area contributed by atoms with Gasteiger partial charge in [0.2, 0.25) is 0 Å². The predicted molar refractivity (Wildman–Crippen MR) is 65.8 cm³/mol. The maximum atomic E-state index is 12.1. The summed E-state index contributed by atoms with van der Waals surface area (Å²) >= 11 is 0. The van der Waals surface area contributed by atoms with Crippen molar-refractivity contribution in [1.29, 1.82) is 0 Å². The Hall–Kier alpha value is -1.27. The van der Waals surface area contributed by atoms with E-state index in [1.807, 2.05) is 13.8 Å². The molecule has 0 spiro atoms. The van der Waals surface area contributed by atoms with Crippen molar-refractivity contribution in [3.05, 3.63) is 29.8 Å². The van der Waals surface area contributed by atoms with E-state index in [0.717, 1.165) is 0 Å². The average Bonchev–Trinajstić information content (AvgIpc) is 2.27. The van der Waals surface area contributed by atoms with Crippen molar-refractivity contribution in [1.82, 2.24) is 5.32 Å². The molecule has 0 radical (unpaired) electrons. The van der Waals surface area contributed by atoms with E-state index in [4.69, 9.17) is 5.11 Å². The molecule has 6 heteroatoms. The minimum atomic E-state index is -4.68. The van der Waals surface area contributed by atoms with E-state index < -0.39 is 6.36 Å². The number of alkyl halides is 3. The molecule has 0 aliphatic heterocycles. The van der Waals surface area contributed by atoms with Crippen molar-refractivity contribution in [2.45, 2.75) is 38.7 Å². The summed E-state index contributed by atoms with van der Waals surface area (Å²) in [6.45, 7) is 3.82. The molecule has 0 saturated carbocycles. The summed E-state index contributed by atoms with van der Waals surface area (Å²) in [5, 5.41) is 12.0. The van der Waals surface area contributed by atoms with Crippen LogP contribution in [0.3, 0.4) is 0 Å². The summed E-state index contributed by atoms with van der Waals surface area (Å²) in [7, 11) is 0. The second-order valence-electron chi connectivity index (χ2n) is 4.42. The zero-order valence-corrected chi connectivity index (χ0v) is 10.9. The third-order valence-electron chi connectivity index (χ3n) is 2.69. The molecule has 1 unspecified atom stereocenters. The summed E-state index contributed by atoms with van der Waals surface area (Å²) in [4.78, 5) is 0. The minimum Gasteiger partial charge on any atom is -0.406 e. The summed E-state index contributed by atoms with van der Waals surface area (Å²) in [5.41, 5.74) is 0.700. The number of hydrogen-bond donors (Lipinski definition) is 2. The van der Waals surface area contributed by atoms with Crippen LogP contribution in [0.1, 0.15) is 31.9 Å². The van der Waals surface area contributed by atoms with Gasteiger partial charge in [-0.15, -0.1) is 13.2 Å². The summed E-state index contributed by atoms with van der Waals surface area (Å²) in [5.74, 6) is -0.228. The van der Waals surface area contributed by atoms with Gasteiger partial charge in [0.1, 0.15) is 5.75 Å². The van der Waals surface area contributed by atoms with Gasteiger partial charge in [-0.3, -0.25) is 0 Å². The minimum absolute atomic E-state index is 0.0676. The third kappa shape index (κ3) is 5.94. The van der Waals surface area contributed by atoms with Crippen LogP contribution in [0.2, 0.25) is 0 Å². The lowest BCUT2D eigenvalue weighted by atomic mass is 10.1. The summed E-state index contributed by atoms with van der Waals surface area (Å²) in [6, 6.07) is 5.82. The Labute approximate surface area is 110 Å². The van der Waals surface area contributed by atoms with Crippen LogP contribution in [0, 0.1) is 0 Å². The number of hydrogen-bond acceptors (Lipinski definition) is 3. The van der Waals surface area contributed by atoms with E-state index in [9.17, 15) is 13.2 Å². The van der Waals surface area contributed by atoms with Crippen LogP contribution in [0.5, 0.6) is 5.75 Å². The van der Waals surface area contributed by atoms with Gasteiger partial charge in [0, 0.05) is 18.7 Å². The summed E-state index contributed by atoms with van der Waals surface area (Å²) in [6.07, 6.45) is -4.09. The van der Waals surface area contributed by atoms with Gasteiger partial charge in [-0.1, -0.05) is 12.1 Å². The maximum Gasteiger partial charge on any atom is 0.573 e. The van der Waals surface area contributed by atoms with Crippen LogP contribution in [-0.2, 0) is 0 Å². The first-order valence-corrected chi connectivity index (χ1v) is 6.04. The average molecular weight is 277 g/mol. The molecule has 0 aliphatic rings. The highest BCUT2D eigenvalue weighted by Gasteiger charge is 2.31. The lowest BCUT2D eigenvalue weighted by molar-refractivity contribution is -0.274. The molecule has 0 fully saturated rings. The molecule has 1 aromatic rings. The van der Waals surface area contributed by atoms with Crippen LogP contribution in [0.25, 0.3) is 0 Å². The number of nitrogens with one attached hydrogen (secondary N) is 1. The first kappa shape index (κ1) is 15.8. The van der Waals surface area contributed by atoms with Gasteiger partial charge in [-0.2, -0.15) is 0 Å². The van der Waals surface area contributed by atoms with Crippen LogP contribution in [0.4, 0.5) is 13.2 Å². The largest absolute Gasteiger partial charge is 0.573 e. The van der Waals surface area contributed by atoms with Crippen molar-refractivity contribution >= 4 is 0 Å². The molecule has 19 heavy (non-hydrogen) atoms. The first-order chi connectivity index (χ1) is 8.81. The maximum absolute atomic E-state index is 12.1. The molecule has 108 valence electrons. The van der Waals surface area contributed by atoms with Gasteiger partial charge >= 0.3 is 6.36 Å². The van der Waals surface area contributed by atoms with Crippen molar-refractivity contribution in [3.63, 3.8) is 0 Å². The number of halogens is 3. The van der Waals surface area contributed by atoms with Crippen molar-refractivity contribution in [2.75, 3.05) is 6.61 Å². The summed E-state index contributed by atoms with van der Waals surface area (Å²) < 4.78 is 40.2. The van der Waals surface area contributed by atoms with Gasteiger partial charge in [0.05, 0.1) is 0 Å². The van der Waals surface area contributed by atoms with E-state index in [2.05, 4.69) is 10.1 Å². The van der Waals surface area contributed by atoms with Gasteiger partial charge in [0.25, 0.3) is 0 Å². The molecular formula is C13H18F3NO2. The van der Waals surface area contributed by atoms with Crippen LogP contribution in [-0.4, -0.2) is 24.1 Å². The highest BCUT2D eigenvalue weighted by molar-refractivity contribution is 5.30. The van der Waals surface area contributed by atoms with Gasteiger partial charge in [-0.05, 0) is 38.0 Å². The van der Waals surface area contributed by atoms with E-state index in [1.165, 1.54) is 18.2 Å². The lowest BCUT2D eigenvalue weighted by Gasteiger charge is -2.20. The molecule has 0 aliphatic carbocycles. The van der Waals surface area contributed by atoms with Gasteiger partial charge in [-0.25, -0.2) is 0 Å². The normalized spacial score (nSPS) is 15.1. The van der Waals surface area contributed by atoms with Crippen molar-refractivity contribution in [2.24, 2.45) is 0 Å². The van der Waals surface area contributed by atoms with Crippen molar-refractivity contribution < 1.29 is 23.0 Å². The molecule has 0 aromatic heterocycles. The zero-order chi connectivity index (χ0) is 14.5. The lowest BCUT2D eigenvalue weighted by Crippen LogP contribution is -2.29. The van der Waals surface area contributed by atoms with Crippen LogP contribution >= 0.6 is 0 Å². The fourth-order valence-corrected chi connectivity index (χ4v) is 1.78. The highest BCUT2D eigenvalue weighted by atomic mass is 19.4. The standard InChI is InChI=1S/C13H18F3NO2/c1-9(6-7-18)17-10(2)11-4-3-5-12(8-11)19-13(14,15)16/h3-5,8-10,17-18H,6-7H2,1-2H3/t9-,10?/m1/s1. The van der Waals surface area contributed by atoms with E-state index in [1.54, 1.807) is 6.07 Å². The second kappa shape index (κ2) is 6.77. The van der Waals surface area contributed by atoms with Crippen LogP contribution in [0.15, 0.2) is 24.3 Å². The Balaban J connectivity index is 2.70. The Morgan fingerprint density at radius 3 is 2.58 bits per heavy atom. The Bertz CT molecular complexity index is 396. The number of benzene rings is 1. The fourth-order valence-electron chi connectivity index (χ4n) is 1.78. The van der Waals surface area contributed by atoms with Gasteiger partial charge < -0.3 is 15.2 Å². The zero-order valence-electron chi connectivity index (χ0n) is 10.9. The monoisotopic (exact) mass is 277 g/mol. The van der Waals surface area contributed by atoms with E-state index in [-0.39, 0.29) is 24.4 Å². The Morgan fingerprint density at radius 2 is 2.00 bits per heavy atom. The SMILES string of the molecule is CC(N[C@H](C)CCO)c1cccc(OC(F)(F)F)c1. The molecule has 1 rings (SSSR count). The second-order valence-corrected chi connectivity index (χ2v) is 4.42. The molecule has 2 atom stereocenters. The third-order valence-corrected chi connectivity index (χ3v) is 2.69. The smallest absolute Gasteiger partial charge is 0.406 e. The number of aliphatic hydroxyl groups excluding tert-OH is 1. The topological polar surface area (TPSA) is 41.5 Å². The molecule has 0 saturated heterocycles. The molecule has 0 amide bonds. The Kier molecular flexibility index (Phi) is 5.62. The molecular weight excluding hydrogens is 259 g/mol. The molecule has 0 bridgehead atoms. The fraction of sp³-hybridized carbons (Fsp3) is 0.538. The number of aliphatic hydroxyl groups is 1. The number of ether oxygens (including phenoxy) is 1. The van der Waals surface area contributed by atoms with Crippen molar-refractivity contribution in [3.8, 4) is 5.75 Å². The molecule has 1 aromatic carbocycles. The van der Waals surface area contributed by atoms with Crippen LogP contribution < -0.4 is 10.1 Å². The van der Waals surface area contributed by atoms with Gasteiger partial charge in [0.15, 0.2) is 0 Å². The molecule has 2 N–H and O–H groups in total. The molecule has 0 heterocycles. The van der Waals surface area contributed by atoms with E-state index in [0.29, 0.717) is 12.0 Å². The predicted octanol–water partition coefficient (Wildman–Crippen LogP) is 3.01. The quantitative estimate of drug-likeness (QED) is 0.840.